The van der Waals surface area contributed by atoms with Crippen molar-refractivity contribution >= 4 is 21.1 Å². The third kappa shape index (κ3) is 3.33. The first-order valence-electron chi connectivity index (χ1n) is 7.76. The van der Waals surface area contributed by atoms with Crippen LogP contribution in [0.3, 0.4) is 0 Å². The molecule has 0 saturated carbocycles. The predicted molar refractivity (Wildman–Crippen MR) is 95.1 cm³/mol. The molecule has 0 aliphatic rings. The van der Waals surface area contributed by atoms with Crippen LogP contribution in [0.5, 0.6) is 0 Å². The molecule has 0 amide bonds. The molecular weight excluding hydrogens is 324 g/mol. The Morgan fingerprint density at radius 2 is 1.96 bits per heavy atom. The average Bonchev–Trinajstić information content (AvgIpc) is 2.95. The standard InChI is InChI=1S/C17H20N4O2S/c1-12-11-16-15(7-10-19-17(16)21-12)13-3-5-14(6-4-13)24(22,23)20-9-2-8-18/h3-7,10-11,20H,2,8-9,18H2,1H3,(H,19,21). The van der Waals surface area contributed by atoms with Gasteiger partial charge in [-0.25, -0.2) is 18.1 Å². The second-order valence-electron chi connectivity index (χ2n) is 5.64. The maximum absolute atomic E-state index is 12.2. The van der Waals surface area contributed by atoms with Gasteiger partial charge in [0.05, 0.1) is 4.90 Å². The number of hydrogen-bond donors (Lipinski definition) is 3. The topological polar surface area (TPSA) is 101 Å². The Balaban J connectivity index is 1.91. The number of rotatable bonds is 6. The van der Waals surface area contributed by atoms with Gasteiger partial charge in [0.15, 0.2) is 0 Å². The molecule has 0 aliphatic carbocycles. The highest BCUT2D eigenvalue weighted by atomic mass is 32.2. The Hall–Kier alpha value is -2.22. The van der Waals surface area contributed by atoms with E-state index in [-0.39, 0.29) is 4.90 Å². The fourth-order valence-electron chi connectivity index (χ4n) is 2.62. The number of hydrogen-bond acceptors (Lipinski definition) is 4. The molecule has 0 fully saturated rings. The summed E-state index contributed by atoms with van der Waals surface area (Å²) in [5, 5.41) is 1.02. The number of sulfonamides is 1. The van der Waals surface area contributed by atoms with Crippen LogP contribution in [-0.2, 0) is 10.0 Å². The van der Waals surface area contributed by atoms with Crippen LogP contribution in [0.2, 0.25) is 0 Å². The Morgan fingerprint density at radius 3 is 2.67 bits per heavy atom. The van der Waals surface area contributed by atoms with Crippen molar-refractivity contribution in [2.75, 3.05) is 13.1 Å². The van der Waals surface area contributed by atoms with E-state index in [0.717, 1.165) is 27.9 Å². The highest BCUT2D eigenvalue weighted by molar-refractivity contribution is 7.89. The number of nitrogens with two attached hydrogens (primary N) is 1. The third-order valence-corrected chi connectivity index (χ3v) is 5.29. The van der Waals surface area contributed by atoms with Gasteiger partial charge in [-0.3, -0.25) is 0 Å². The molecule has 0 spiro atoms. The summed E-state index contributed by atoms with van der Waals surface area (Å²) in [5.74, 6) is 0. The van der Waals surface area contributed by atoms with Gasteiger partial charge in [-0.05, 0) is 55.3 Å². The molecule has 0 saturated heterocycles. The van der Waals surface area contributed by atoms with Crippen molar-refractivity contribution in [1.29, 1.82) is 0 Å². The summed E-state index contributed by atoms with van der Waals surface area (Å²) in [7, 11) is -3.49. The number of fused-ring (bicyclic) bond motifs is 1. The van der Waals surface area contributed by atoms with E-state index in [9.17, 15) is 8.42 Å². The Kier molecular flexibility index (Phi) is 4.66. The number of aromatic amines is 1. The van der Waals surface area contributed by atoms with Crippen molar-refractivity contribution in [3.8, 4) is 11.1 Å². The van der Waals surface area contributed by atoms with Gasteiger partial charge in [0.1, 0.15) is 5.65 Å². The number of aromatic nitrogens is 2. The largest absolute Gasteiger partial charge is 0.344 e. The van der Waals surface area contributed by atoms with Crippen LogP contribution in [0.4, 0.5) is 0 Å². The Bertz CT molecular complexity index is 946. The third-order valence-electron chi connectivity index (χ3n) is 3.82. The molecule has 6 nitrogen and oxygen atoms in total. The number of benzene rings is 1. The van der Waals surface area contributed by atoms with Gasteiger partial charge in [0, 0.05) is 23.8 Å². The minimum absolute atomic E-state index is 0.249. The van der Waals surface area contributed by atoms with Crippen LogP contribution >= 0.6 is 0 Å². The number of nitrogens with zero attached hydrogens (tertiary/aromatic N) is 1. The lowest BCUT2D eigenvalue weighted by Crippen LogP contribution is -2.26. The second-order valence-corrected chi connectivity index (χ2v) is 7.40. The van der Waals surface area contributed by atoms with E-state index in [2.05, 4.69) is 14.7 Å². The van der Waals surface area contributed by atoms with Crippen LogP contribution in [0.1, 0.15) is 12.1 Å². The van der Waals surface area contributed by atoms with E-state index in [4.69, 9.17) is 5.73 Å². The molecular formula is C17H20N4O2S. The highest BCUT2D eigenvalue weighted by Crippen LogP contribution is 2.28. The first-order valence-corrected chi connectivity index (χ1v) is 9.24. The molecule has 0 aliphatic heterocycles. The minimum atomic E-state index is -3.49. The van der Waals surface area contributed by atoms with Crippen LogP contribution in [0.25, 0.3) is 22.2 Å². The first kappa shape index (κ1) is 16.6. The predicted octanol–water partition coefficient (Wildman–Crippen LogP) is 2.17. The summed E-state index contributed by atoms with van der Waals surface area (Å²) in [6, 6.07) is 10.8. The van der Waals surface area contributed by atoms with E-state index < -0.39 is 10.0 Å². The summed E-state index contributed by atoms with van der Waals surface area (Å²) in [6.07, 6.45) is 2.35. The van der Waals surface area contributed by atoms with E-state index in [1.807, 2.05) is 31.2 Å². The van der Waals surface area contributed by atoms with Crippen molar-refractivity contribution in [2.24, 2.45) is 5.73 Å². The highest BCUT2D eigenvalue weighted by Gasteiger charge is 2.14. The summed E-state index contributed by atoms with van der Waals surface area (Å²) >= 11 is 0. The van der Waals surface area contributed by atoms with Crippen LogP contribution in [0, 0.1) is 6.92 Å². The molecule has 2 heterocycles. The lowest BCUT2D eigenvalue weighted by atomic mass is 10.0. The van der Waals surface area contributed by atoms with Crippen molar-refractivity contribution < 1.29 is 8.42 Å². The van der Waals surface area contributed by atoms with Gasteiger partial charge in [-0.15, -0.1) is 0 Å². The van der Waals surface area contributed by atoms with E-state index in [1.54, 1.807) is 18.3 Å². The van der Waals surface area contributed by atoms with Gasteiger partial charge in [0.2, 0.25) is 10.0 Å². The molecule has 0 radical (unpaired) electrons. The van der Waals surface area contributed by atoms with Gasteiger partial charge in [0.25, 0.3) is 0 Å². The van der Waals surface area contributed by atoms with Gasteiger partial charge < -0.3 is 10.7 Å². The summed E-state index contributed by atoms with van der Waals surface area (Å²) in [6.45, 7) is 2.78. The molecule has 0 bridgehead atoms. The van der Waals surface area contributed by atoms with E-state index in [1.165, 1.54) is 0 Å². The normalized spacial score (nSPS) is 11.9. The molecule has 126 valence electrons. The van der Waals surface area contributed by atoms with E-state index >= 15 is 0 Å². The molecule has 1 aromatic carbocycles. The second kappa shape index (κ2) is 6.72. The lowest BCUT2D eigenvalue weighted by molar-refractivity contribution is 0.579. The van der Waals surface area contributed by atoms with Crippen LogP contribution in [-0.4, -0.2) is 31.5 Å². The smallest absolute Gasteiger partial charge is 0.240 e. The quantitative estimate of drug-likeness (QED) is 0.597. The molecule has 7 heteroatoms. The molecule has 2 aromatic heterocycles. The molecule has 3 aromatic rings. The van der Waals surface area contributed by atoms with Crippen molar-refractivity contribution in [1.82, 2.24) is 14.7 Å². The maximum atomic E-state index is 12.2. The molecule has 4 N–H and O–H groups in total. The molecule has 24 heavy (non-hydrogen) atoms. The zero-order valence-corrected chi connectivity index (χ0v) is 14.2. The van der Waals surface area contributed by atoms with Gasteiger partial charge in [-0.1, -0.05) is 12.1 Å². The zero-order chi connectivity index (χ0) is 17.2. The fourth-order valence-corrected chi connectivity index (χ4v) is 3.69. The number of pyridine rings is 1. The Morgan fingerprint density at radius 1 is 1.21 bits per heavy atom. The summed E-state index contributed by atoms with van der Waals surface area (Å²) in [4.78, 5) is 7.77. The van der Waals surface area contributed by atoms with Crippen LogP contribution in [0.15, 0.2) is 47.5 Å². The maximum Gasteiger partial charge on any atom is 0.240 e. The van der Waals surface area contributed by atoms with Crippen molar-refractivity contribution in [3.05, 3.63) is 48.3 Å². The molecule has 3 rings (SSSR count). The number of aryl methyl sites for hydroxylation is 1. The Labute approximate surface area is 141 Å². The summed E-state index contributed by atoms with van der Waals surface area (Å²) in [5.41, 5.74) is 9.21. The number of nitrogens with one attached hydrogen (secondary N) is 2. The first-order chi connectivity index (χ1) is 11.5. The summed E-state index contributed by atoms with van der Waals surface area (Å²) < 4.78 is 27.0. The van der Waals surface area contributed by atoms with E-state index in [0.29, 0.717) is 19.5 Å². The minimum Gasteiger partial charge on any atom is -0.344 e. The lowest BCUT2D eigenvalue weighted by Gasteiger charge is -2.08. The van der Waals surface area contributed by atoms with Gasteiger partial charge >= 0.3 is 0 Å². The van der Waals surface area contributed by atoms with Crippen molar-refractivity contribution in [2.45, 2.75) is 18.2 Å². The number of H-pyrrole nitrogens is 1. The zero-order valence-electron chi connectivity index (χ0n) is 13.4. The average molecular weight is 344 g/mol. The monoisotopic (exact) mass is 344 g/mol. The van der Waals surface area contributed by atoms with Crippen LogP contribution < -0.4 is 10.5 Å². The van der Waals surface area contributed by atoms with Crippen molar-refractivity contribution in [3.63, 3.8) is 0 Å². The SMILES string of the molecule is Cc1cc2c(-c3ccc(S(=O)(=O)NCCCN)cc3)ccnc2[nH]1. The van der Waals surface area contributed by atoms with Gasteiger partial charge in [-0.2, -0.15) is 0 Å². The molecule has 0 unspecified atom stereocenters. The fraction of sp³-hybridized carbons (Fsp3) is 0.235. The molecule has 0 atom stereocenters.